The molecule has 1 aromatic carbocycles. The van der Waals surface area contributed by atoms with Gasteiger partial charge in [0.05, 0.1) is 46.0 Å². The molecule has 1 saturated heterocycles. The molecule has 0 bridgehead atoms. The Kier molecular flexibility index (Phi) is 5.37. The number of carbonyl (C=O) groups excluding carboxylic acids is 1. The van der Waals surface area contributed by atoms with Gasteiger partial charge in [-0.15, -0.1) is 0 Å². The van der Waals surface area contributed by atoms with E-state index in [0.717, 1.165) is 24.8 Å². The summed E-state index contributed by atoms with van der Waals surface area (Å²) in [4.78, 5) is 12.4. The molecule has 1 aliphatic carbocycles. The Hall–Kier alpha value is -1.95. The first-order valence-corrected chi connectivity index (χ1v) is 8.81. The molecule has 1 spiro atoms. The fraction of sp³-hybridized carbons (Fsp3) is 0.632. The largest absolute Gasteiger partial charge is 0.493 e. The van der Waals surface area contributed by atoms with Crippen molar-refractivity contribution in [3.63, 3.8) is 0 Å². The second-order valence-electron chi connectivity index (χ2n) is 6.88. The molecule has 138 valence electrons. The van der Waals surface area contributed by atoms with Gasteiger partial charge in [0.25, 0.3) is 0 Å². The summed E-state index contributed by atoms with van der Waals surface area (Å²) in [7, 11) is 4.70. The number of hydrogen-bond donors (Lipinski definition) is 1. The lowest BCUT2D eigenvalue weighted by molar-refractivity contribution is -0.121. The van der Waals surface area contributed by atoms with Crippen LogP contribution in [0.1, 0.15) is 37.7 Å². The molecule has 1 atom stereocenters. The SMILES string of the molecule is COc1cc(CC(=O)N[C@@H]2COC3(CCCC3)C2)cc(OC)c1OC. The molecule has 1 heterocycles. The fourth-order valence-electron chi connectivity index (χ4n) is 4.01. The number of methoxy groups -OCH3 is 3. The number of ether oxygens (including phenoxy) is 4. The van der Waals surface area contributed by atoms with Crippen LogP contribution in [0.2, 0.25) is 0 Å². The lowest BCUT2D eigenvalue weighted by Gasteiger charge is -2.21. The van der Waals surface area contributed by atoms with Crippen molar-refractivity contribution in [1.82, 2.24) is 5.32 Å². The number of rotatable bonds is 6. The summed E-state index contributed by atoms with van der Waals surface area (Å²) < 4.78 is 22.0. The monoisotopic (exact) mass is 349 g/mol. The van der Waals surface area contributed by atoms with E-state index < -0.39 is 0 Å². The van der Waals surface area contributed by atoms with E-state index in [9.17, 15) is 4.79 Å². The van der Waals surface area contributed by atoms with Crippen molar-refractivity contribution in [2.75, 3.05) is 27.9 Å². The summed E-state index contributed by atoms with van der Waals surface area (Å²) in [6.45, 7) is 0.612. The minimum Gasteiger partial charge on any atom is -0.493 e. The maximum Gasteiger partial charge on any atom is 0.224 e. The molecule has 6 nitrogen and oxygen atoms in total. The van der Waals surface area contributed by atoms with Gasteiger partial charge in [0.2, 0.25) is 11.7 Å². The zero-order valence-corrected chi connectivity index (χ0v) is 15.2. The van der Waals surface area contributed by atoms with Gasteiger partial charge in [0.15, 0.2) is 11.5 Å². The minimum atomic E-state index is -0.0158. The van der Waals surface area contributed by atoms with Crippen LogP contribution < -0.4 is 19.5 Å². The zero-order valence-electron chi connectivity index (χ0n) is 15.2. The number of hydrogen-bond acceptors (Lipinski definition) is 5. The average molecular weight is 349 g/mol. The smallest absolute Gasteiger partial charge is 0.224 e. The van der Waals surface area contributed by atoms with Gasteiger partial charge in [-0.3, -0.25) is 4.79 Å². The Morgan fingerprint density at radius 1 is 1.16 bits per heavy atom. The molecular weight excluding hydrogens is 322 g/mol. The van der Waals surface area contributed by atoms with E-state index in [4.69, 9.17) is 18.9 Å². The predicted octanol–water partition coefficient (Wildman–Crippen LogP) is 2.47. The summed E-state index contributed by atoms with van der Waals surface area (Å²) in [5.41, 5.74) is 0.839. The third-order valence-electron chi connectivity index (χ3n) is 5.18. The highest BCUT2D eigenvalue weighted by Crippen LogP contribution is 2.41. The van der Waals surface area contributed by atoms with Crippen LogP contribution in [0, 0.1) is 0 Å². The Labute approximate surface area is 148 Å². The van der Waals surface area contributed by atoms with Crippen LogP contribution in [0.4, 0.5) is 0 Å². The van der Waals surface area contributed by atoms with Gasteiger partial charge in [0.1, 0.15) is 0 Å². The second-order valence-corrected chi connectivity index (χ2v) is 6.88. The Morgan fingerprint density at radius 3 is 2.36 bits per heavy atom. The van der Waals surface area contributed by atoms with E-state index in [1.54, 1.807) is 21.3 Å². The molecule has 1 amide bonds. The van der Waals surface area contributed by atoms with Crippen molar-refractivity contribution in [3.05, 3.63) is 17.7 Å². The number of amides is 1. The quantitative estimate of drug-likeness (QED) is 0.855. The summed E-state index contributed by atoms with van der Waals surface area (Å²) in [6, 6.07) is 3.72. The molecule has 6 heteroatoms. The topological polar surface area (TPSA) is 66.0 Å². The number of carbonyl (C=O) groups is 1. The molecule has 1 aliphatic heterocycles. The Morgan fingerprint density at radius 2 is 1.80 bits per heavy atom. The van der Waals surface area contributed by atoms with Crippen molar-refractivity contribution in [2.24, 2.45) is 0 Å². The molecule has 0 unspecified atom stereocenters. The van der Waals surface area contributed by atoms with Gasteiger partial charge in [0, 0.05) is 0 Å². The molecular formula is C19H27NO5. The van der Waals surface area contributed by atoms with Crippen molar-refractivity contribution in [1.29, 1.82) is 0 Å². The van der Waals surface area contributed by atoms with Crippen molar-refractivity contribution in [2.45, 2.75) is 50.2 Å². The normalized spacial score (nSPS) is 21.3. The van der Waals surface area contributed by atoms with Crippen LogP contribution in [0.5, 0.6) is 17.2 Å². The van der Waals surface area contributed by atoms with Gasteiger partial charge in [-0.05, 0) is 37.0 Å². The van der Waals surface area contributed by atoms with E-state index in [2.05, 4.69) is 5.32 Å². The molecule has 1 aromatic rings. The first-order chi connectivity index (χ1) is 12.1. The van der Waals surface area contributed by atoms with E-state index in [0.29, 0.717) is 23.9 Å². The number of nitrogens with one attached hydrogen (secondary N) is 1. The molecule has 1 N–H and O–H groups in total. The van der Waals surface area contributed by atoms with Crippen LogP contribution in [-0.2, 0) is 16.0 Å². The predicted molar refractivity (Wildman–Crippen MR) is 93.5 cm³/mol. The van der Waals surface area contributed by atoms with Crippen LogP contribution in [0.3, 0.4) is 0 Å². The third kappa shape index (κ3) is 3.84. The summed E-state index contributed by atoms with van der Waals surface area (Å²) in [6.07, 6.45) is 5.88. The molecule has 2 aliphatic rings. The fourth-order valence-corrected chi connectivity index (χ4v) is 4.01. The van der Waals surface area contributed by atoms with E-state index in [1.165, 1.54) is 12.8 Å². The lowest BCUT2D eigenvalue weighted by Crippen LogP contribution is -2.37. The van der Waals surface area contributed by atoms with E-state index >= 15 is 0 Å². The van der Waals surface area contributed by atoms with Crippen LogP contribution in [0.25, 0.3) is 0 Å². The van der Waals surface area contributed by atoms with Crippen molar-refractivity contribution < 1.29 is 23.7 Å². The van der Waals surface area contributed by atoms with Gasteiger partial charge < -0.3 is 24.3 Å². The van der Waals surface area contributed by atoms with Gasteiger partial charge in [-0.2, -0.15) is 0 Å². The van der Waals surface area contributed by atoms with Gasteiger partial charge >= 0.3 is 0 Å². The van der Waals surface area contributed by atoms with Crippen molar-refractivity contribution in [3.8, 4) is 17.2 Å². The summed E-state index contributed by atoms with van der Waals surface area (Å²) in [5, 5.41) is 3.11. The lowest BCUT2D eigenvalue weighted by atomic mass is 9.96. The average Bonchev–Trinajstić information content (AvgIpc) is 3.23. The third-order valence-corrected chi connectivity index (χ3v) is 5.18. The highest BCUT2D eigenvalue weighted by atomic mass is 16.5. The van der Waals surface area contributed by atoms with E-state index in [-0.39, 0.29) is 24.0 Å². The molecule has 0 aromatic heterocycles. The van der Waals surface area contributed by atoms with E-state index in [1.807, 2.05) is 12.1 Å². The van der Waals surface area contributed by atoms with Crippen LogP contribution in [0.15, 0.2) is 12.1 Å². The van der Waals surface area contributed by atoms with Crippen LogP contribution >= 0.6 is 0 Å². The zero-order chi connectivity index (χ0) is 17.9. The molecule has 2 fully saturated rings. The molecule has 0 radical (unpaired) electrons. The first kappa shape index (κ1) is 17.9. The number of benzene rings is 1. The Balaban J connectivity index is 1.63. The molecule has 25 heavy (non-hydrogen) atoms. The molecule has 3 rings (SSSR count). The second kappa shape index (κ2) is 7.52. The van der Waals surface area contributed by atoms with Gasteiger partial charge in [-0.25, -0.2) is 0 Å². The molecule has 1 saturated carbocycles. The summed E-state index contributed by atoms with van der Waals surface area (Å²) in [5.74, 6) is 1.62. The maximum absolute atomic E-state index is 12.4. The van der Waals surface area contributed by atoms with Gasteiger partial charge in [-0.1, -0.05) is 12.8 Å². The Bertz CT molecular complexity index is 599. The first-order valence-electron chi connectivity index (χ1n) is 8.81. The van der Waals surface area contributed by atoms with Crippen LogP contribution in [-0.4, -0.2) is 45.5 Å². The maximum atomic E-state index is 12.4. The highest BCUT2D eigenvalue weighted by molar-refractivity contribution is 5.79. The highest BCUT2D eigenvalue weighted by Gasteiger charge is 2.42. The standard InChI is InChI=1S/C19H27NO5/c1-22-15-8-13(9-16(23-2)18(15)24-3)10-17(21)20-14-11-19(25-12-14)6-4-5-7-19/h8-9,14H,4-7,10-12H2,1-3H3,(H,20,21)/t14-/m0/s1. The van der Waals surface area contributed by atoms with Crippen molar-refractivity contribution >= 4 is 5.91 Å². The summed E-state index contributed by atoms with van der Waals surface area (Å²) >= 11 is 0. The minimum absolute atomic E-state index is 0.0158.